The molecule has 0 atom stereocenters. The standard InChI is InChI=1S/C17H17Cl2NO2/c1-20(12-13-5-3-2-4-6-13)9-10-22-17(21)15-11-14(18)7-8-16(15)19/h2-8,11H,9-10,12H2,1H3. The van der Waals surface area contributed by atoms with Crippen LogP contribution in [0.4, 0.5) is 0 Å². The van der Waals surface area contributed by atoms with Crippen molar-refractivity contribution < 1.29 is 9.53 Å². The van der Waals surface area contributed by atoms with Gasteiger partial charge >= 0.3 is 5.97 Å². The lowest BCUT2D eigenvalue weighted by molar-refractivity contribution is 0.0471. The van der Waals surface area contributed by atoms with Crippen LogP contribution in [0.1, 0.15) is 15.9 Å². The van der Waals surface area contributed by atoms with Crippen molar-refractivity contribution in [3.8, 4) is 0 Å². The Hall–Kier alpha value is -1.55. The SMILES string of the molecule is CN(CCOC(=O)c1cc(Cl)ccc1Cl)Cc1ccccc1. The summed E-state index contributed by atoms with van der Waals surface area (Å²) in [6.07, 6.45) is 0. The Morgan fingerprint density at radius 3 is 2.59 bits per heavy atom. The highest BCUT2D eigenvalue weighted by Crippen LogP contribution is 2.21. The number of likely N-dealkylation sites (N-methyl/N-ethyl adjacent to an activating group) is 1. The second kappa shape index (κ2) is 8.18. The molecule has 0 fully saturated rings. The lowest BCUT2D eigenvalue weighted by atomic mass is 10.2. The lowest BCUT2D eigenvalue weighted by Crippen LogP contribution is -2.24. The number of rotatable bonds is 6. The molecule has 22 heavy (non-hydrogen) atoms. The van der Waals surface area contributed by atoms with Crippen LogP contribution in [0, 0.1) is 0 Å². The van der Waals surface area contributed by atoms with Crippen molar-refractivity contribution in [1.82, 2.24) is 4.90 Å². The van der Waals surface area contributed by atoms with Crippen molar-refractivity contribution in [2.75, 3.05) is 20.2 Å². The average Bonchev–Trinajstić information content (AvgIpc) is 2.50. The van der Waals surface area contributed by atoms with E-state index >= 15 is 0 Å². The molecule has 0 radical (unpaired) electrons. The van der Waals surface area contributed by atoms with E-state index in [-0.39, 0.29) is 0 Å². The van der Waals surface area contributed by atoms with Gasteiger partial charge in [-0.15, -0.1) is 0 Å². The number of hydrogen-bond donors (Lipinski definition) is 0. The molecule has 2 aromatic carbocycles. The number of hydrogen-bond acceptors (Lipinski definition) is 3. The minimum absolute atomic E-state index is 0.292. The third kappa shape index (κ3) is 5.02. The minimum atomic E-state index is -0.458. The fraction of sp³-hybridized carbons (Fsp3) is 0.235. The van der Waals surface area contributed by atoms with Gasteiger partial charge < -0.3 is 4.74 Å². The van der Waals surface area contributed by atoms with Crippen LogP contribution in [0.5, 0.6) is 0 Å². The number of halogens is 2. The minimum Gasteiger partial charge on any atom is -0.461 e. The summed E-state index contributed by atoms with van der Waals surface area (Å²) in [5.41, 5.74) is 1.51. The summed E-state index contributed by atoms with van der Waals surface area (Å²) < 4.78 is 5.25. The number of esters is 1. The highest BCUT2D eigenvalue weighted by molar-refractivity contribution is 6.35. The van der Waals surface area contributed by atoms with Crippen molar-refractivity contribution in [1.29, 1.82) is 0 Å². The molecule has 0 aromatic heterocycles. The van der Waals surface area contributed by atoms with Gasteiger partial charge in [0.05, 0.1) is 10.6 Å². The summed E-state index contributed by atoms with van der Waals surface area (Å²) in [7, 11) is 1.98. The van der Waals surface area contributed by atoms with Gasteiger partial charge in [0.1, 0.15) is 6.61 Å². The maximum absolute atomic E-state index is 12.0. The van der Waals surface area contributed by atoms with Gasteiger partial charge in [-0.25, -0.2) is 4.79 Å². The predicted molar refractivity (Wildman–Crippen MR) is 89.5 cm³/mol. The predicted octanol–water partition coefficient (Wildman–Crippen LogP) is 4.28. The topological polar surface area (TPSA) is 29.5 Å². The average molecular weight is 338 g/mol. The number of carbonyl (C=O) groups excluding carboxylic acids is 1. The molecule has 0 N–H and O–H groups in total. The Morgan fingerprint density at radius 1 is 1.14 bits per heavy atom. The number of carbonyl (C=O) groups is 1. The van der Waals surface area contributed by atoms with Gasteiger partial charge in [-0.1, -0.05) is 53.5 Å². The summed E-state index contributed by atoms with van der Waals surface area (Å²) in [5, 5.41) is 0.796. The zero-order chi connectivity index (χ0) is 15.9. The van der Waals surface area contributed by atoms with E-state index in [9.17, 15) is 4.79 Å². The fourth-order valence-corrected chi connectivity index (χ4v) is 2.37. The number of ether oxygens (including phenoxy) is 1. The molecule has 0 aliphatic heterocycles. The van der Waals surface area contributed by atoms with E-state index in [1.807, 2.05) is 25.2 Å². The van der Waals surface area contributed by atoms with Crippen LogP contribution in [0.3, 0.4) is 0 Å². The smallest absolute Gasteiger partial charge is 0.339 e. The molecule has 0 unspecified atom stereocenters. The second-order valence-corrected chi connectivity index (χ2v) is 5.83. The molecule has 2 rings (SSSR count). The summed E-state index contributed by atoms with van der Waals surface area (Å²) in [6, 6.07) is 14.9. The summed E-state index contributed by atoms with van der Waals surface area (Å²) in [6.45, 7) is 1.74. The van der Waals surface area contributed by atoms with Crippen molar-refractivity contribution in [2.45, 2.75) is 6.54 Å². The molecular formula is C17H17Cl2NO2. The van der Waals surface area contributed by atoms with Crippen LogP contribution < -0.4 is 0 Å². The third-order valence-corrected chi connectivity index (χ3v) is 3.71. The van der Waals surface area contributed by atoms with E-state index < -0.39 is 5.97 Å². The maximum atomic E-state index is 12.0. The molecule has 0 aliphatic rings. The molecule has 0 heterocycles. The van der Waals surface area contributed by atoms with Crippen molar-refractivity contribution in [3.63, 3.8) is 0 Å². The molecule has 116 valence electrons. The van der Waals surface area contributed by atoms with E-state index in [1.165, 1.54) is 11.6 Å². The van der Waals surface area contributed by atoms with Crippen LogP contribution in [0.15, 0.2) is 48.5 Å². The zero-order valence-corrected chi connectivity index (χ0v) is 13.8. The number of benzene rings is 2. The Morgan fingerprint density at radius 2 is 1.86 bits per heavy atom. The van der Waals surface area contributed by atoms with Crippen molar-refractivity contribution >= 4 is 29.2 Å². The van der Waals surface area contributed by atoms with E-state index in [2.05, 4.69) is 17.0 Å². The van der Waals surface area contributed by atoms with Gasteiger partial charge in [-0.05, 0) is 30.8 Å². The largest absolute Gasteiger partial charge is 0.461 e. The van der Waals surface area contributed by atoms with Crippen molar-refractivity contribution in [2.24, 2.45) is 0 Å². The molecule has 0 aliphatic carbocycles. The normalized spacial score (nSPS) is 10.7. The molecule has 3 nitrogen and oxygen atoms in total. The van der Waals surface area contributed by atoms with Gasteiger partial charge in [0, 0.05) is 18.1 Å². The number of nitrogens with zero attached hydrogens (tertiary/aromatic N) is 1. The quantitative estimate of drug-likeness (QED) is 0.736. The first kappa shape index (κ1) is 16.8. The van der Waals surface area contributed by atoms with E-state index in [0.717, 1.165) is 6.54 Å². The van der Waals surface area contributed by atoms with Gasteiger partial charge in [0.15, 0.2) is 0 Å². The molecule has 0 spiro atoms. The van der Waals surface area contributed by atoms with Crippen LogP contribution >= 0.6 is 23.2 Å². The zero-order valence-electron chi connectivity index (χ0n) is 12.3. The monoisotopic (exact) mass is 337 g/mol. The summed E-state index contributed by atoms with van der Waals surface area (Å²) in [4.78, 5) is 14.1. The van der Waals surface area contributed by atoms with E-state index in [4.69, 9.17) is 27.9 Å². The molecule has 0 saturated carbocycles. The third-order valence-electron chi connectivity index (χ3n) is 3.15. The van der Waals surface area contributed by atoms with Gasteiger partial charge in [0.2, 0.25) is 0 Å². The first-order chi connectivity index (χ1) is 10.6. The molecule has 5 heteroatoms. The fourth-order valence-electron chi connectivity index (χ4n) is 2.00. The summed E-state index contributed by atoms with van der Waals surface area (Å²) in [5.74, 6) is -0.458. The van der Waals surface area contributed by atoms with Crippen LogP contribution in [0.25, 0.3) is 0 Å². The van der Waals surface area contributed by atoms with Crippen LogP contribution in [-0.2, 0) is 11.3 Å². The van der Waals surface area contributed by atoms with Gasteiger partial charge in [0.25, 0.3) is 0 Å². The van der Waals surface area contributed by atoms with Crippen molar-refractivity contribution in [3.05, 3.63) is 69.7 Å². The summed E-state index contributed by atoms with van der Waals surface area (Å²) >= 11 is 11.8. The Bertz CT molecular complexity index is 632. The molecule has 0 saturated heterocycles. The Labute approximate surface area is 140 Å². The highest BCUT2D eigenvalue weighted by Gasteiger charge is 2.12. The van der Waals surface area contributed by atoms with Gasteiger partial charge in [-0.3, -0.25) is 4.90 Å². The first-order valence-electron chi connectivity index (χ1n) is 6.91. The molecule has 0 bridgehead atoms. The first-order valence-corrected chi connectivity index (χ1v) is 7.66. The van der Waals surface area contributed by atoms with Crippen LogP contribution in [-0.4, -0.2) is 31.1 Å². The molecular weight excluding hydrogens is 321 g/mol. The lowest BCUT2D eigenvalue weighted by Gasteiger charge is -2.16. The van der Waals surface area contributed by atoms with Crippen LogP contribution in [0.2, 0.25) is 10.0 Å². The molecule has 2 aromatic rings. The van der Waals surface area contributed by atoms with E-state index in [1.54, 1.807) is 12.1 Å². The highest BCUT2D eigenvalue weighted by atomic mass is 35.5. The second-order valence-electron chi connectivity index (χ2n) is 4.98. The van der Waals surface area contributed by atoms with E-state index in [0.29, 0.717) is 28.8 Å². The maximum Gasteiger partial charge on any atom is 0.339 e. The molecule has 0 amide bonds. The Kier molecular flexibility index (Phi) is 6.25. The Balaban J connectivity index is 1.80. The van der Waals surface area contributed by atoms with Gasteiger partial charge in [-0.2, -0.15) is 0 Å².